The van der Waals surface area contributed by atoms with Gasteiger partial charge in [-0.1, -0.05) is 13.8 Å². The fourth-order valence-corrected chi connectivity index (χ4v) is 2.04. The van der Waals surface area contributed by atoms with Crippen LogP contribution in [0.25, 0.3) is 0 Å². The molecule has 0 aromatic rings. The molecule has 0 saturated carbocycles. The van der Waals surface area contributed by atoms with Crippen molar-refractivity contribution in [1.82, 2.24) is 5.32 Å². The lowest BCUT2D eigenvalue weighted by Gasteiger charge is -2.34. The summed E-state index contributed by atoms with van der Waals surface area (Å²) in [6.45, 7) is 8.14. The second-order valence-corrected chi connectivity index (χ2v) is 4.74. The molecule has 1 amide bonds. The minimum atomic E-state index is -0.514. The Labute approximate surface area is 104 Å². The second kappa shape index (κ2) is 6.97. The van der Waals surface area contributed by atoms with E-state index < -0.39 is 5.79 Å². The van der Waals surface area contributed by atoms with E-state index in [0.717, 1.165) is 32.5 Å². The standard InChI is InChI=1S/C13H25NO3/c1-4-11(5-2)12(15)14-8-7-13(3)16-9-6-10-17-13/h11H,4-10H2,1-3H3,(H,14,15). The molecular formula is C13H25NO3. The van der Waals surface area contributed by atoms with Gasteiger partial charge in [-0.25, -0.2) is 0 Å². The fraction of sp³-hybridized carbons (Fsp3) is 0.923. The van der Waals surface area contributed by atoms with Gasteiger partial charge in [-0.3, -0.25) is 4.79 Å². The summed E-state index contributed by atoms with van der Waals surface area (Å²) in [7, 11) is 0. The highest BCUT2D eigenvalue weighted by molar-refractivity contribution is 5.78. The van der Waals surface area contributed by atoms with Gasteiger partial charge in [0.1, 0.15) is 0 Å². The predicted molar refractivity (Wildman–Crippen MR) is 66.6 cm³/mol. The van der Waals surface area contributed by atoms with Gasteiger partial charge in [0.2, 0.25) is 5.91 Å². The summed E-state index contributed by atoms with van der Waals surface area (Å²) in [6.07, 6.45) is 3.45. The molecule has 100 valence electrons. The van der Waals surface area contributed by atoms with Crippen molar-refractivity contribution in [2.45, 2.75) is 52.2 Å². The average molecular weight is 243 g/mol. The summed E-state index contributed by atoms with van der Waals surface area (Å²) in [4.78, 5) is 11.8. The van der Waals surface area contributed by atoms with Crippen LogP contribution in [-0.2, 0) is 14.3 Å². The van der Waals surface area contributed by atoms with Crippen LogP contribution in [0, 0.1) is 5.92 Å². The van der Waals surface area contributed by atoms with Crippen molar-refractivity contribution in [2.24, 2.45) is 5.92 Å². The Morgan fingerprint density at radius 1 is 1.29 bits per heavy atom. The molecular weight excluding hydrogens is 218 g/mol. The first-order valence-corrected chi connectivity index (χ1v) is 6.67. The van der Waals surface area contributed by atoms with E-state index in [1.165, 1.54) is 0 Å². The number of hydrogen-bond donors (Lipinski definition) is 1. The van der Waals surface area contributed by atoms with Gasteiger partial charge in [0.05, 0.1) is 13.2 Å². The van der Waals surface area contributed by atoms with Crippen molar-refractivity contribution in [3.8, 4) is 0 Å². The van der Waals surface area contributed by atoms with Crippen LogP contribution in [0.1, 0.15) is 46.5 Å². The summed E-state index contributed by atoms with van der Waals surface area (Å²) in [5.74, 6) is -0.232. The van der Waals surface area contributed by atoms with Gasteiger partial charge in [0, 0.05) is 18.9 Å². The summed E-state index contributed by atoms with van der Waals surface area (Å²) in [5.41, 5.74) is 0. The van der Waals surface area contributed by atoms with Crippen LogP contribution in [-0.4, -0.2) is 31.5 Å². The summed E-state index contributed by atoms with van der Waals surface area (Å²) in [5, 5.41) is 2.96. The molecule has 1 heterocycles. The zero-order chi connectivity index (χ0) is 12.7. The largest absolute Gasteiger partial charge is 0.356 e. The third-order valence-corrected chi connectivity index (χ3v) is 3.34. The molecule has 1 aliphatic rings. The quantitative estimate of drug-likeness (QED) is 0.777. The Balaban J connectivity index is 2.24. The molecule has 1 aliphatic heterocycles. The van der Waals surface area contributed by atoms with Gasteiger partial charge >= 0.3 is 0 Å². The second-order valence-electron chi connectivity index (χ2n) is 4.74. The lowest BCUT2D eigenvalue weighted by atomic mass is 10.0. The number of carbonyl (C=O) groups is 1. The number of ether oxygens (including phenoxy) is 2. The number of rotatable bonds is 6. The van der Waals surface area contributed by atoms with E-state index in [-0.39, 0.29) is 11.8 Å². The minimum Gasteiger partial charge on any atom is -0.356 e. The van der Waals surface area contributed by atoms with Crippen molar-refractivity contribution in [3.05, 3.63) is 0 Å². The third-order valence-electron chi connectivity index (χ3n) is 3.34. The normalized spacial score (nSPS) is 19.3. The first-order valence-electron chi connectivity index (χ1n) is 6.67. The van der Waals surface area contributed by atoms with Crippen molar-refractivity contribution in [3.63, 3.8) is 0 Å². The van der Waals surface area contributed by atoms with Crippen LogP contribution >= 0.6 is 0 Å². The maximum atomic E-state index is 11.8. The predicted octanol–water partition coefficient (Wildman–Crippen LogP) is 2.08. The van der Waals surface area contributed by atoms with Crippen LogP contribution in [0.5, 0.6) is 0 Å². The molecule has 0 aromatic heterocycles. The highest BCUT2D eigenvalue weighted by Crippen LogP contribution is 2.21. The number of nitrogens with one attached hydrogen (secondary N) is 1. The Kier molecular flexibility index (Phi) is 5.92. The average Bonchev–Trinajstić information content (AvgIpc) is 2.31. The Morgan fingerprint density at radius 2 is 1.88 bits per heavy atom. The molecule has 0 spiro atoms. The minimum absolute atomic E-state index is 0.135. The lowest BCUT2D eigenvalue weighted by Crippen LogP contribution is -2.41. The smallest absolute Gasteiger partial charge is 0.223 e. The van der Waals surface area contributed by atoms with Gasteiger partial charge in [-0.15, -0.1) is 0 Å². The monoisotopic (exact) mass is 243 g/mol. The Bertz CT molecular complexity index is 233. The van der Waals surface area contributed by atoms with Crippen LogP contribution in [0.2, 0.25) is 0 Å². The Morgan fingerprint density at radius 3 is 2.41 bits per heavy atom. The van der Waals surface area contributed by atoms with Crippen LogP contribution in [0.3, 0.4) is 0 Å². The van der Waals surface area contributed by atoms with Gasteiger partial charge in [0.25, 0.3) is 0 Å². The van der Waals surface area contributed by atoms with Gasteiger partial charge in [-0.2, -0.15) is 0 Å². The van der Waals surface area contributed by atoms with Crippen molar-refractivity contribution >= 4 is 5.91 Å². The maximum absolute atomic E-state index is 11.8. The maximum Gasteiger partial charge on any atom is 0.223 e. The third kappa shape index (κ3) is 4.64. The zero-order valence-corrected chi connectivity index (χ0v) is 11.3. The van der Waals surface area contributed by atoms with Crippen molar-refractivity contribution in [1.29, 1.82) is 0 Å². The molecule has 0 aliphatic carbocycles. The van der Waals surface area contributed by atoms with E-state index in [0.29, 0.717) is 13.0 Å². The highest BCUT2D eigenvalue weighted by Gasteiger charge is 2.28. The van der Waals surface area contributed by atoms with E-state index in [4.69, 9.17) is 9.47 Å². The van der Waals surface area contributed by atoms with Crippen LogP contribution in [0.4, 0.5) is 0 Å². The number of amides is 1. The number of hydrogen-bond acceptors (Lipinski definition) is 3. The van der Waals surface area contributed by atoms with Crippen molar-refractivity contribution in [2.75, 3.05) is 19.8 Å². The lowest BCUT2D eigenvalue weighted by molar-refractivity contribution is -0.258. The zero-order valence-electron chi connectivity index (χ0n) is 11.3. The SMILES string of the molecule is CCC(CC)C(=O)NCCC1(C)OCCCO1. The fourth-order valence-electron chi connectivity index (χ4n) is 2.04. The van der Waals surface area contributed by atoms with E-state index >= 15 is 0 Å². The number of carbonyl (C=O) groups excluding carboxylic acids is 1. The first kappa shape index (κ1) is 14.5. The summed E-state index contributed by atoms with van der Waals surface area (Å²) < 4.78 is 11.2. The molecule has 17 heavy (non-hydrogen) atoms. The summed E-state index contributed by atoms with van der Waals surface area (Å²) >= 11 is 0. The van der Waals surface area contributed by atoms with Crippen LogP contribution in [0.15, 0.2) is 0 Å². The molecule has 4 nitrogen and oxygen atoms in total. The molecule has 0 unspecified atom stereocenters. The molecule has 4 heteroatoms. The molecule has 0 aromatic carbocycles. The first-order chi connectivity index (χ1) is 8.11. The summed E-state index contributed by atoms with van der Waals surface area (Å²) in [6, 6.07) is 0. The molecule has 0 radical (unpaired) electrons. The highest BCUT2D eigenvalue weighted by atomic mass is 16.7. The molecule has 1 fully saturated rings. The van der Waals surface area contributed by atoms with Crippen LogP contribution < -0.4 is 5.32 Å². The molecule has 0 atom stereocenters. The van der Waals surface area contributed by atoms with Crippen molar-refractivity contribution < 1.29 is 14.3 Å². The molecule has 1 rings (SSSR count). The molecule has 0 bridgehead atoms. The van der Waals surface area contributed by atoms with Gasteiger partial charge < -0.3 is 14.8 Å². The van der Waals surface area contributed by atoms with E-state index in [2.05, 4.69) is 5.32 Å². The van der Waals surface area contributed by atoms with E-state index in [1.807, 2.05) is 20.8 Å². The van der Waals surface area contributed by atoms with E-state index in [1.54, 1.807) is 0 Å². The topological polar surface area (TPSA) is 47.6 Å². The molecule has 1 N–H and O–H groups in total. The Hall–Kier alpha value is -0.610. The van der Waals surface area contributed by atoms with Gasteiger partial charge in [-0.05, 0) is 26.2 Å². The van der Waals surface area contributed by atoms with Gasteiger partial charge in [0.15, 0.2) is 5.79 Å². The molecule has 1 saturated heterocycles. The van der Waals surface area contributed by atoms with E-state index in [9.17, 15) is 4.79 Å².